The number of rotatable bonds is 8. The molecule has 1 amide bonds. The van der Waals surface area contributed by atoms with E-state index in [-0.39, 0.29) is 28.3 Å². The van der Waals surface area contributed by atoms with Crippen LogP contribution in [0.1, 0.15) is 74.6 Å². The molecule has 0 radical (unpaired) electrons. The first kappa shape index (κ1) is 21.4. The quantitative estimate of drug-likeness (QED) is 0.673. The third kappa shape index (κ3) is 4.99. The molecule has 2 N–H and O–H groups in total. The van der Waals surface area contributed by atoms with Crippen LogP contribution in [-0.4, -0.2) is 30.5 Å². The molecule has 8 nitrogen and oxygen atoms in total. The fraction of sp³-hybridized carbons (Fsp3) is 0.526. The molecular formula is C19H25FN4O4S. The van der Waals surface area contributed by atoms with Crippen LogP contribution in [-0.2, 0) is 10.0 Å². The summed E-state index contributed by atoms with van der Waals surface area (Å²) in [5, 5.41) is 6.65. The van der Waals surface area contributed by atoms with E-state index >= 15 is 0 Å². The summed E-state index contributed by atoms with van der Waals surface area (Å²) < 4.78 is 46.7. The van der Waals surface area contributed by atoms with Gasteiger partial charge in [0.2, 0.25) is 15.9 Å². The molecule has 1 aromatic heterocycles. The molecule has 3 rings (SSSR count). The number of carbonyl (C=O) groups is 1. The van der Waals surface area contributed by atoms with E-state index in [2.05, 4.69) is 20.2 Å². The fourth-order valence-electron chi connectivity index (χ4n) is 2.84. The normalized spacial score (nSPS) is 15.7. The summed E-state index contributed by atoms with van der Waals surface area (Å²) in [7, 11) is -3.87. The van der Waals surface area contributed by atoms with E-state index in [0.717, 1.165) is 31.0 Å². The molecule has 1 aliphatic carbocycles. The molecule has 1 aliphatic rings. The maximum Gasteiger partial charge on any atom is 0.254 e. The number of nitrogens with zero attached hydrogens (tertiary/aromatic N) is 2. The average Bonchev–Trinajstić information content (AvgIpc) is 3.36. The van der Waals surface area contributed by atoms with Gasteiger partial charge < -0.3 is 9.84 Å². The molecule has 29 heavy (non-hydrogen) atoms. The Bertz CT molecular complexity index is 999. The van der Waals surface area contributed by atoms with E-state index in [9.17, 15) is 17.6 Å². The maximum atomic E-state index is 14.3. The number of aromatic nitrogens is 2. The van der Waals surface area contributed by atoms with Gasteiger partial charge in [-0.05, 0) is 50.8 Å². The molecule has 158 valence electrons. The summed E-state index contributed by atoms with van der Waals surface area (Å²) in [5.74, 6) is -0.528. The fourth-order valence-corrected chi connectivity index (χ4v) is 4.11. The third-order valence-corrected chi connectivity index (χ3v) is 6.16. The van der Waals surface area contributed by atoms with Crippen LogP contribution >= 0.6 is 0 Å². The Labute approximate surface area is 169 Å². The molecule has 1 aromatic carbocycles. The molecule has 0 spiro atoms. The molecule has 1 fully saturated rings. The van der Waals surface area contributed by atoms with E-state index in [1.54, 1.807) is 13.8 Å². The van der Waals surface area contributed by atoms with Crippen LogP contribution < -0.4 is 10.0 Å². The van der Waals surface area contributed by atoms with Gasteiger partial charge in [0, 0.05) is 12.0 Å². The Morgan fingerprint density at radius 1 is 1.24 bits per heavy atom. The number of halogens is 1. The Hall–Kier alpha value is -2.33. The van der Waals surface area contributed by atoms with Crippen molar-refractivity contribution in [1.29, 1.82) is 0 Å². The van der Waals surface area contributed by atoms with Crippen molar-refractivity contribution in [3.05, 3.63) is 41.3 Å². The maximum absolute atomic E-state index is 14.3. The monoisotopic (exact) mass is 424 g/mol. The lowest BCUT2D eigenvalue weighted by molar-refractivity contribution is 0.0909. The van der Waals surface area contributed by atoms with Crippen LogP contribution in [0.3, 0.4) is 0 Å². The van der Waals surface area contributed by atoms with E-state index < -0.39 is 27.8 Å². The zero-order valence-corrected chi connectivity index (χ0v) is 17.6. The van der Waals surface area contributed by atoms with Crippen LogP contribution in [0.2, 0.25) is 0 Å². The minimum atomic E-state index is -3.87. The zero-order valence-electron chi connectivity index (χ0n) is 16.8. The van der Waals surface area contributed by atoms with Gasteiger partial charge in [0.1, 0.15) is 11.9 Å². The van der Waals surface area contributed by atoms with Gasteiger partial charge in [-0.3, -0.25) is 4.79 Å². The van der Waals surface area contributed by atoms with E-state index in [1.807, 2.05) is 13.8 Å². The summed E-state index contributed by atoms with van der Waals surface area (Å²) in [6.07, 6.45) is 2.02. The van der Waals surface area contributed by atoms with Crippen LogP contribution in [0.5, 0.6) is 0 Å². The number of benzene rings is 1. The first-order valence-corrected chi connectivity index (χ1v) is 11.0. The molecule has 1 atom stereocenters. The van der Waals surface area contributed by atoms with Crippen molar-refractivity contribution in [2.45, 2.75) is 63.4 Å². The highest BCUT2D eigenvalue weighted by molar-refractivity contribution is 7.89. The summed E-state index contributed by atoms with van der Waals surface area (Å²) in [4.78, 5) is 16.9. The topological polar surface area (TPSA) is 114 Å². The Balaban J connectivity index is 1.85. The van der Waals surface area contributed by atoms with Gasteiger partial charge in [0.15, 0.2) is 5.82 Å². The van der Waals surface area contributed by atoms with Crippen molar-refractivity contribution in [1.82, 2.24) is 20.2 Å². The highest BCUT2D eigenvalue weighted by atomic mass is 32.2. The summed E-state index contributed by atoms with van der Waals surface area (Å²) >= 11 is 0. The number of nitrogens with one attached hydrogen (secondary N) is 2. The second kappa shape index (κ2) is 8.19. The van der Waals surface area contributed by atoms with Crippen molar-refractivity contribution >= 4 is 15.9 Å². The third-order valence-electron chi connectivity index (χ3n) is 4.50. The van der Waals surface area contributed by atoms with E-state index in [4.69, 9.17) is 4.52 Å². The van der Waals surface area contributed by atoms with Gasteiger partial charge >= 0.3 is 0 Å². The second-order valence-corrected chi connectivity index (χ2v) is 9.59. The molecule has 0 saturated heterocycles. The van der Waals surface area contributed by atoms with Crippen LogP contribution in [0, 0.1) is 11.7 Å². The average molecular weight is 424 g/mol. The van der Waals surface area contributed by atoms with Gasteiger partial charge in [0.05, 0.1) is 10.5 Å². The zero-order chi connectivity index (χ0) is 21.3. The van der Waals surface area contributed by atoms with Gasteiger partial charge in [-0.25, -0.2) is 17.5 Å². The number of hydrogen-bond donors (Lipinski definition) is 2. The van der Waals surface area contributed by atoms with Gasteiger partial charge in [-0.2, -0.15) is 4.98 Å². The first-order chi connectivity index (χ1) is 13.6. The molecular weight excluding hydrogens is 399 g/mol. The Kier molecular flexibility index (Phi) is 6.04. The highest BCUT2D eigenvalue weighted by Gasteiger charge is 2.32. The molecule has 1 unspecified atom stereocenters. The van der Waals surface area contributed by atoms with Crippen molar-refractivity contribution in [2.75, 3.05) is 0 Å². The van der Waals surface area contributed by atoms with Crippen molar-refractivity contribution in [2.24, 2.45) is 5.92 Å². The van der Waals surface area contributed by atoms with Gasteiger partial charge in [-0.15, -0.1) is 0 Å². The molecule has 10 heteroatoms. The van der Waals surface area contributed by atoms with Crippen LogP contribution in [0.15, 0.2) is 27.6 Å². The SMILES string of the molecule is CC(C)NS(=O)(=O)c1ccc(F)c(C(=O)NC(c2nc(C3CC3)no2)C(C)C)c1. The predicted molar refractivity (Wildman–Crippen MR) is 103 cm³/mol. The number of amides is 1. The lowest BCUT2D eigenvalue weighted by atomic mass is 10.0. The first-order valence-electron chi connectivity index (χ1n) is 9.54. The Morgan fingerprint density at radius 3 is 2.52 bits per heavy atom. The van der Waals surface area contributed by atoms with E-state index in [1.165, 1.54) is 0 Å². The predicted octanol–water partition coefficient (Wildman–Crippen LogP) is 2.90. The van der Waals surface area contributed by atoms with Crippen LogP contribution in [0.4, 0.5) is 4.39 Å². The van der Waals surface area contributed by atoms with Crippen molar-refractivity contribution in [3.63, 3.8) is 0 Å². The molecule has 1 heterocycles. The Morgan fingerprint density at radius 2 is 1.93 bits per heavy atom. The lowest BCUT2D eigenvalue weighted by Gasteiger charge is -2.19. The van der Waals surface area contributed by atoms with E-state index in [0.29, 0.717) is 11.7 Å². The van der Waals surface area contributed by atoms with Crippen molar-refractivity contribution in [3.8, 4) is 0 Å². The van der Waals surface area contributed by atoms with Crippen molar-refractivity contribution < 1.29 is 22.1 Å². The molecule has 0 aliphatic heterocycles. The highest BCUT2D eigenvalue weighted by Crippen LogP contribution is 2.38. The smallest absolute Gasteiger partial charge is 0.254 e. The number of sulfonamides is 1. The van der Waals surface area contributed by atoms with Gasteiger partial charge in [0.25, 0.3) is 5.91 Å². The molecule has 1 saturated carbocycles. The number of hydrogen-bond acceptors (Lipinski definition) is 6. The minimum Gasteiger partial charge on any atom is -0.340 e. The standard InChI is InChI=1S/C19H25FN4O4S/c1-10(2)16(19-22-17(23-28-19)12-5-6-12)21-18(25)14-9-13(7-8-15(14)20)29(26,27)24-11(3)4/h7-12,16,24H,5-6H2,1-4H3,(H,21,25). The van der Waals surface area contributed by atoms with Gasteiger partial charge in [-0.1, -0.05) is 19.0 Å². The molecule has 0 bridgehead atoms. The van der Waals surface area contributed by atoms with Crippen LogP contribution in [0.25, 0.3) is 0 Å². The minimum absolute atomic E-state index is 0.107. The lowest BCUT2D eigenvalue weighted by Crippen LogP contribution is -2.33. The number of carbonyl (C=O) groups excluding carboxylic acids is 1. The summed E-state index contributed by atoms with van der Waals surface area (Å²) in [6, 6.07) is 2.14. The molecule has 2 aromatic rings. The summed E-state index contributed by atoms with van der Waals surface area (Å²) in [6.45, 7) is 7.05. The second-order valence-electron chi connectivity index (χ2n) is 7.88. The largest absolute Gasteiger partial charge is 0.340 e. The summed E-state index contributed by atoms with van der Waals surface area (Å²) in [5.41, 5.74) is -0.371.